The van der Waals surface area contributed by atoms with Crippen molar-refractivity contribution in [2.45, 2.75) is 37.7 Å². The lowest BCUT2D eigenvalue weighted by Gasteiger charge is -2.18. The first kappa shape index (κ1) is 24.6. The molecule has 0 aliphatic rings. The second-order valence-electron chi connectivity index (χ2n) is 7.23. The van der Waals surface area contributed by atoms with E-state index in [1.54, 1.807) is 25.6 Å². The highest BCUT2D eigenvalue weighted by molar-refractivity contribution is 7.98. The van der Waals surface area contributed by atoms with Crippen molar-refractivity contribution in [1.29, 1.82) is 0 Å². The van der Waals surface area contributed by atoms with Crippen molar-refractivity contribution >= 4 is 35.4 Å². The van der Waals surface area contributed by atoms with Crippen LogP contribution >= 0.6 is 23.4 Å². The van der Waals surface area contributed by atoms with Gasteiger partial charge in [0.05, 0.1) is 18.3 Å². The summed E-state index contributed by atoms with van der Waals surface area (Å²) >= 11 is 7.83. The highest BCUT2D eigenvalue weighted by atomic mass is 35.5. The molecule has 33 heavy (non-hydrogen) atoms. The van der Waals surface area contributed by atoms with E-state index in [2.05, 4.69) is 33.0 Å². The molecular formula is C23H26ClN5O3S. The molecule has 1 aromatic heterocycles. The number of carbonyl (C=O) groups is 2. The minimum Gasteiger partial charge on any atom is -0.465 e. The zero-order chi connectivity index (χ0) is 23.8. The van der Waals surface area contributed by atoms with Crippen molar-refractivity contribution in [2.75, 3.05) is 13.2 Å². The second-order valence-corrected chi connectivity index (χ2v) is 8.61. The number of hydrogen-bond acceptors (Lipinski definition) is 6. The summed E-state index contributed by atoms with van der Waals surface area (Å²) in [5.41, 5.74) is 2.98. The summed E-state index contributed by atoms with van der Waals surface area (Å²) in [5.74, 6) is 0.750. The van der Waals surface area contributed by atoms with Gasteiger partial charge in [0.15, 0.2) is 11.0 Å². The molecule has 2 N–H and O–H groups in total. The van der Waals surface area contributed by atoms with Crippen LogP contribution in [-0.2, 0) is 15.3 Å². The predicted molar refractivity (Wildman–Crippen MR) is 129 cm³/mol. The van der Waals surface area contributed by atoms with Crippen LogP contribution in [0.4, 0.5) is 4.79 Å². The SMILES string of the molecule is CCOC(=O)CNC(=O)NC(C)c1nnc(SCc2ccccc2)n1-c1cc(Cl)ccc1C. The normalized spacial score (nSPS) is 11.6. The number of amides is 2. The zero-order valence-corrected chi connectivity index (χ0v) is 20.2. The lowest BCUT2D eigenvalue weighted by Crippen LogP contribution is -2.40. The highest BCUT2D eigenvalue weighted by Gasteiger charge is 2.22. The maximum absolute atomic E-state index is 12.3. The fourth-order valence-electron chi connectivity index (χ4n) is 3.10. The topological polar surface area (TPSA) is 98.1 Å². The Bertz CT molecular complexity index is 1110. The summed E-state index contributed by atoms with van der Waals surface area (Å²) < 4.78 is 6.73. The monoisotopic (exact) mass is 487 g/mol. The fourth-order valence-corrected chi connectivity index (χ4v) is 4.18. The Morgan fingerprint density at radius 3 is 2.67 bits per heavy atom. The fraction of sp³-hybridized carbons (Fsp3) is 0.304. The number of esters is 1. The van der Waals surface area contributed by atoms with Crippen LogP contribution in [-0.4, -0.2) is 39.9 Å². The molecule has 0 bridgehead atoms. The summed E-state index contributed by atoms with van der Waals surface area (Å²) in [6.45, 7) is 5.52. The van der Waals surface area contributed by atoms with Crippen molar-refractivity contribution in [3.8, 4) is 5.69 Å². The van der Waals surface area contributed by atoms with Gasteiger partial charge in [-0.15, -0.1) is 10.2 Å². The van der Waals surface area contributed by atoms with E-state index < -0.39 is 18.0 Å². The number of rotatable bonds is 9. The molecule has 0 saturated carbocycles. The molecule has 0 spiro atoms. The number of urea groups is 1. The Morgan fingerprint density at radius 2 is 1.94 bits per heavy atom. The van der Waals surface area contributed by atoms with Crippen LogP contribution in [0.1, 0.15) is 36.8 Å². The molecule has 0 saturated heterocycles. The van der Waals surface area contributed by atoms with Crippen LogP contribution in [0.5, 0.6) is 0 Å². The molecule has 1 heterocycles. The average Bonchev–Trinajstić information content (AvgIpc) is 3.22. The number of halogens is 1. The third kappa shape index (κ3) is 6.72. The lowest BCUT2D eigenvalue weighted by atomic mass is 10.2. The van der Waals surface area contributed by atoms with Crippen molar-refractivity contribution in [2.24, 2.45) is 0 Å². The molecule has 10 heteroatoms. The van der Waals surface area contributed by atoms with E-state index in [-0.39, 0.29) is 13.2 Å². The molecule has 2 aromatic carbocycles. The Balaban J connectivity index is 1.84. The first-order valence-corrected chi connectivity index (χ1v) is 11.8. The molecule has 2 amide bonds. The lowest BCUT2D eigenvalue weighted by molar-refractivity contribution is -0.141. The van der Waals surface area contributed by atoms with E-state index in [4.69, 9.17) is 16.3 Å². The molecule has 0 fully saturated rings. The van der Waals surface area contributed by atoms with Crippen LogP contribution in [0.3, 0.4) is 0 Å². The van der Waals surface area contributed by atoms with Crippen LogP contribution in [0.2, 0.25) is 5.02 Å². The third-order valence-electron chi connectivity index (χ3n) is 4.71. The molecule has 3 rings (SSSR count). The summed E-state index contributed by atoms with van der Waals surface area (Å²) in [5, 5.41) is 15.3. The minimum absolute atomic E-state index is 0.218. The van der Waals surface area contributed by atoms with E-state index in [1.807, 2.05) is 47.9 Å². The molecule has 3 aromatic rings. The maximum Gasteiger partial charge on any atom is 0.325 e. The van der Waals surface area contributed by atoms with Crippen LogP contribution in [0, 0.1) is 6.92 Å². The van der Waals surface area contributed by atoms with Gasteiger partial charge < -0.3 is 15.4 Å². The number of nitrogens with zero attached hydrogens (tertiary/aromatic N) is 3. The maximum atomic E-state index is 12.3. The molecule has 8 nitrogen and oxygen atoms in total. The van der Waals surface area contributed by atoms with Gasteiger partial charge in [0.2, 0.25) is 0 Å². The van der Waals surface area contributed by atoms with E-state index in [9.17, 15) is 9.59 Å². The van der Waals surface area contributed by atoms with Crippen molar-refractivity contribution in [3.63, 3.8) is 0 Å². The van der Waals surface area contributed by atoms with Gasteiger partial charge in [0, 0.05) is 10.8 Å². The molecule has 0 radical (unpaired) electrons. The number of ether oxygens (including phenoxy) is 1. The van der Waals surface area contributed by atoms with E-state index in [1.165, 1.54) is 0 Å². The third-order valence-corrected chi connectivity index (χ3v) is 5.95. The zero-order valence-electron chi connectivity index (χ0n) is 18.7. The van der Waals surface area contributed by atoms with Crippen molar-refractivity contribution in [3.05, 3.63) is 70.5 Å². The average molecular weight is 488 g/mol. The number of hydrogen-bond donors (Lipinski definition) is 2. The summed E-state index contributed by atoms with van der Waals surface area (Å²) in [4.78, 5) is 23.8. The van der Waals surface area contributed by atoms with Crippen molar-refractivity contribution < 1.29 is 14.3 Å². The standard InChI is InChI=1S/C23H26ClN5O3S/c1-4-32-20(30)13-25-22(31)26-16(3)21-27-28-23(33-14-17-8-6-5-7-9-17)29(21)19-12-18(24)11-10-15(19)2/h5-12,16H,4,13-14H2,1-3H3,(H2,25,26,31). The van der Waals surface area contributed by atoms with Gasteiger partial charge in [0.25, 0.3) is 0 Å². The van der Waals surface area contributed by atoms with Crippen LogP contribution in [0.25, 0.3) is 5.69 Å². The number of benzene rings is 2. The predicted octanol–water partition coefficient (Wildman–Crippen LogP) is 4.44. The van der Waals surface area contributed by atoms with Crippen LogP contribution in [0.15, 0.2) is 53.7 Å². The van der Waals surface area contributed by atoms with Crippen molar-refractivity contribution in [1.82, 2.24) is 25.4 Å². The van der Waals surface area contributed by atoms with E-state index >= 15 is 0 Å². The highest BCUT2D eigenvalue weighted by Crippen LogP contribution is 2.30. The quantitative estimate of drug-likeness (QED) is 0.342. The van der Waals surface area contributed by atoms with Gasteiger partial charge in [0.1, 0.15) is 6.54 Å². The van der Waals surface area contributed by atoms with E-state index in [0.717, 1.165) is 16.8 Å². The van der Waals surface area contributed by atoms with E-state index in [0.29, 0.717) is 21.8 Å². The summed E-state index contributed by atoms with van der Waals surface area (Å²) in [6, 6.07) is 14.7. The molecule has 1 unspecified atom stereocenters. The minimum atomic E-state index is -0.508. The number of thioether (sulfide) groups is 1. The largest absolute Gasteiger partial charge is 0.465 e. The number of aryl methyl sites for hydroxylation is 1. The number of nitrogens with one attached hydrogen (secondary N) is 2. The van der Waals surface area contributed by atoms with Gasteiger partial charge in [-0.2, -0.15) is 0 Å². The van der Waals surface area contributed by atoms with Gasteiger partial charge in [-0.1, -0.05) is 59.8 Å². The summed E-state index contributed by atoms with van der Waals surface area (Å²) in [7, 11) is 0. The first-order valence-electron chi connectivity index (χ1n) is 10.5. The molecule has 1 atom stereocenters. The molecule has 0 aliphatic carbocycles. The summed E-state index contributed by atoms with van der Waals surface area (Å²) in [6.07, 6.45) is 0. The second kappa shape index (κ2) is 11.7. The van der Waals surface area contributed by atoms with Gasteiger partial charge in [-0.25, -0.2) is 4.79 Å². The van der Waals surface area contributed by atoms with Gasteiger partial charge in [-0.3, -0.25) is 9.36 Å². The number of aromatic nitrogens is 3. The van der Waals surface area contributed by atoms with Gasteiger partial charge >= 0.3 is 12.0 Å². The Morgan fingerprint density at radius 1 is 1.18 bits per heavy atom. The molecule has 174 valence electrons. The molecular weight excluding hydrogens is 462 g/mol. The van der Waals surface area contributed by atoms with Gasteiger partial charge in [-0.05, 0) is 44.0 Å². The number of carbonyl (C=O) groups excluding carboxylic acids is 2. The van der Waals surface area contributed by atoms with Crippen LogP contribution < -0.4 is 10.6 Å². The smallest absolute Gasteiger partial charge is 0.325 e. The Kier molecular flexibility index (Phi) is 8.73. The Labute approximate surface area is 202 Å². The first-order chi connectivity index (χ1) is 15.9. The molecule has 0 aliphatic heterocycles. The Hall–Kier alpha value is -3.04.